The third-order valence-corrected chi connectivity index (χ3v) is 24.7. The third-order valence-electron chi connectivity index (χ3n) is 16.3. The van der Waals surface area contributed by atoms with E-state index in [9.17, 15) is 77.6 Å². The zero-order valence-electron chi connectivity index (χ0n) is 59.9. The molecule has 0 spiro atoms. The Balaban J connectivity index is 0.000000216. The van der Waals surface area contributed by atoms with E-state index in [-0.39, 0.29) is 156 Å². The quantitative estimate of drug-likeness (QED) is 0.00569. The Morgan fingerprint density at radius 3 is 1.13 bits per heavy atom. The number of Topliss-reactive ketones (excluding diaryl/α,β-unsaturated/α-hetero) is 3. The molecule has 0 bridgehead atoms. The molecule has 0 aliphatic carbocycles. The van der Waals surface area contributed by atoms with Crippen LogP contribution in [0.3, 0.4) is 0 Å². The molecule has 6 aromatic rings. The van der Waals surface area contributed by atoms with Gasteiger partial charge in [0.05, 0.1) is 33.9 Å². The molecular formula is C69H65N12NaO22S9. The minimum absolute atomic E-state index is 0. The zero-order chi connectivity index (χ0) is 81.6. The minimum atomic E-state index is -1.29. The summed E-state index contributed by atoms with van der Waals surface area (Å²) in [7, 11) is 4.05. The van der Waals surface area contributed by atoms with Crippen LogP contribution < -0.4 is 52.0 Å². The summed E-state index contributed by atoms with van der Waals surface area (Å²) < 4.78 is 4.89. The van der Waals surface area contributed by atoms with Crippen LogP contribution in [0.4, 0.5) is 15.4 Å². The Hall–Kier alpha value is -9.38. The van der Waals surface area contributed by atoms with Crippen LogP contribution in [0.5, 0.6) is 0 Å². The van der Waals surface area contributed by atoms with Crippen LogP contribution in [0.2, 0.25) is 0 Å². The molecule has 3 amide bonds. The molecule has 3 fully saturated rings. The number of amides is 3. The molecule has 0 radical (unpaired) electrons. The topological polar surface area (TPSA) is 523 Å². The maximum Gasteiger partial charge on any atom is 1.00 e. The fraction of sp³-hybridized carbons (Fsp3) is 0.275. The molecule has 44 heteroatoms. The number of aromatic nitrogens is 3. The van der Waals surface area contributed by atoms with E-state index >= 15 is 0 Å². The first-order valence-electron chi connectivity index (χ1n) is 32.3. The maximum atomic E-state index is 13.0. The van der Waals surface area contributed by atoms with Gasteiger partial charge in [-0.25, -0.2) is 29.3 Å². The number of benzene rings is 3. The number of ketones is 3. The van der Waals surface area contributed by atoms with Crippen LogP contribution >= 0.6 is 105 Å². The predicted molar refractivity (Wildman–Crippen MR) is 422 cm³/mol. The normalized spacial score (nSPS) is 18.7. The van der Waals surface area contributed by atoms with Crippen LogP contribution in [0.25, 0.3) is 0 Å². The molecule has 588 valence electrons. The number of esters is 1. The van der Waals surface area contributed by atoms with Gasteiger partial charge >= 0.3 is 53.4 Å². The van der Waals surface area contributed by atoms with Gasteiger partial charge in [-0.2, -0.15) is 0 Å². The first-order chi connectivity index (χ1) is 53.6. The number of thioether (sulfide) groups is 5. The van der Waals surface area contributed by atoms with Gasteiger partial charge in [0.2, 0.25) is 33.1 Å². The minimum Gasteiger partial charge on any atom is -0.662 e. The molecular weight excluding hydrogens is 1660 g/mol. The van der Waals surface area contributed by atoms with E-state index in [4.69, 9.17) is 41.7 Å². The molecule has 9 heterocycles. The predicted octanol–water partition coefficient (Wildman–Crippen LogP) is 2.69. The average Bonchev–Trinajstić information content (AvgIpc) is 0.850. The Labute approximate surface area is 702 Å². The standard InChI is InChI=1S/C22H20N4O6S3.C22H20N4O5S3.C17H18N4O7S2.C7H6OS.CH2O3.Na/c1-32-25-16(14-10-35-22(23)24-14)15(27)7-13-18(28)26-17(20(29)30)12(8-33-19(13)26)9-34-21(31)11-5-3-2-4-6-11;1-24-16(14-10-34-22(23)25-14)15(27)7-13-18(28)26-17(20(29)30)12(8-32-19(13)26)9-33-21(31)11-5-3-2-4-6-11;1-7(22)28-4-8-5-29-15-9(14(24)21(15)13(8)16(25)26)3-11(23)12(20-27-2)10-6-30-17(18)19-10;8-7(9)6-4-2-1-3-5-6;2-1-4-3;/h2-6,10,13,19H,7-9H2,1H3,(H2,23,24)(H,29,30);2-6,10,13,19H,7-9H2,1H3,(H2,23,25)(H,29,30);6,9,15H,3-5H2,1-2H3,(H2,18,19)(H,25,26);1-5H,(H,8,9);1,3H;/q;;;;;+1/p-1/b25-16-;;20-12-;;;/t2*13-,19-;9-,15-;;;/m111.../s1. The van der Waals surface area contributed by atoms with Crippen LogP contribution in [-0.4, -0.2) is 216 Å². The number of carboxylic acid groups (broad SMARTS) is 3. The second-order valence-corrected chi connectivity index (χ2v) is 31.5. The van der Waals surface area contributed by atoms with E-state index in [2.05, 4.69) is 47.8 Å². The van der Waals surface area contributed by atoms with Crippen LogP contribution in [0.15, 0.2) is 156 Å². The van der Waals surface area contributed by atoms with Gasteiger partial charge in [-0.3, -0.25) is 72.4 Å². The number of hydrogen-bond acceptors (Lipinski definition) is 36. The number of nitrogens with zero attached hydrogens (tertiary/aromatic N) is 9. The van der Waals surface area contributed by atoms with Gasteiger partial charge in [0.25, 0.3) is 6.47 Å². The van der Waals surface area contributed by atoms with Crippen molar-refractivity contribution in [2.45, 2.75) is 42.3 Å². The second kappa shape index (κ2) is 43.2. The van der Waals surface area contributed by atoms with E-state index in [1.807, 2.05) is 24.3 Å². The molecule has 6 aliphatic rings. The number of hydrogen-bond donors (Lipinski definition) is 7. The zero-order valence-corrected chi connectivity index (χ0v) is 69.3. The summed E-state index contributed by atoms with van der Waals surface area (Å²) in [5.41, 5.74) is 20.4. The largest absolute Gasteiger partial charge is 1.00 e. The van der Waals surface area contributed by atoms with Crippen LogP contribution in [0, 0.1) is 17.8 Å². The van der Waals surface area contributed by atoms with E-state index in [0.717, 1.165) is 51.1 Å². The number of anilines is 3. The summed E-state index contributed by atoms with van der Waals surface area (Å²) in [5, 5.41) is 48.7. The number of thiol groups is 1. The summed E-state index contributed by atoms with van der Waals surface area (Å²) in [6, 6.07) is 26.3. The number of rotatable bonds is 27. The molecule has 3 aromatic carbocycles. The first-order valence-corrected chi connectivity index (χ1v) is 40.5. The number of thiazole rings is 3. The molecule has 113 heavy (non-hydrogen) atoms. The average molecular weight is 1730 g/mol. The van der Waals surface area contributed by atoms with Crippen molar-refractivity contribution in [1.82, 2.24) is 29.7 Å². The SMILES string of the molecule is CN=C(C(=O)C[C@@H]1C(=O)N2C(C(=O)O)=C(CSC(=O)c3ccccc3)CS[C@H]12)c1csc(N)n1.CO/N=C(\C(=O)C[C@@H]1C(=O)N2C(C(=O)O)=C(COC(C)=O)CS[C@H]12)c1csc(N)n1.CO/N=C(\C(=O)C[C@@H]1C(=O)N2C(C(=O)O)=C(CSC(=O)c3ccccc3)CS[C@H]12)c1csc(N)n1.O=C(S)c1ccccc1.O=CO[O-].[Na+]. The summed E-state index contributed by atoms with van der Waals surface area (Å²) in [4.78, 5) is 200. The number of carboxylic acids is 3. The van der Waals surface area contributed by atoms with Crippen LogP contribution in [0.1, 0.15) is 74.3 Å². The Bertz CT molecular complexity index is 4830. The van der Waals surface area contributed by atoms with Crippen molar-refractivity contribution in [3.8, 4) is 0 Å². The van der Waals surface area contributed by atoms with Gasteiger partial charge in [-0.1, -0.05) is 125 Å². The first kappa shape index (κ1) is 90.8. The molecule has 6 atom stereocenters. The number of oxime groups is 2. The smallest absolute Gasteiger partial charge is 0.662 e. The number of aliphatic carboxylic acids is 3. The van der Waals surface area contributed by atoms with E-state index < -0.39 is 87.0 Å². The number of nitrogen functional groups attached to an aromatic ring is 3. The maximum absolute atomic E-state index is 13.0. The molecule has 9 N–H and O–H groups in total. The Morgan fingerprint density at radius 1 is 0.549 bits per heavy atom. The van der Waals surface area contributed by atoms with Crippen molar-refractivity contribution in [2.75, 3.05) is 73.8 Å². The van der Waals surface area contributed by atoms with Crippen molar-refractivity contribution in [1.29, 1.82) is 0 Å². The van der Waals surface area contributed by atoms with Gasteiger partial charge in [-0.15, -0.1) is 81.9 Å². The molecule has 0 saturated carbocycles. The van der Waals surface area contributed by atoms with Crippen molar-refractivity contribution in [2.24, 2.45) is 33.1 Å². The molecule has 3 saturated heterocycles. The molecule has 0 unspecified atom stereocenters. The second-order valence-electron chi connectivity index (χ2n) is 23.3. The Kier molecular flexibility index (Phi) is 34.7. The Morgan fingerprint density at radius 2 is 0.858 bits per heavy atom. The number of nitrogens with two attached hydrogens (primary N) is 3. The van der Waals surface area contributed by atoms with Crippen molar-refractivity contribution in [3.05, 3.63) is 175 Å². The summed E-state index contributed by atoms with van der Waals surface area (Å²) in [6.45, 7) is 0.825. The van der Waals surface area contributed by atoms with Crippen molar-refractivity contribution < 1.29 is 137 Å². The van der Waals surface area contributed by atoms with Crippen molar-refractivity contribution >= 4 is 219 Å². The number of fused-ring (bicyclic) bond motifs is 3. The number of carbonyl (C=O) groups excluding carboxylic acids is 11. The number of β-lactam (4-membered cyclic amide) rings is 3. The van der Waals surface area contributed by atoms with Gasteiger partial charge in [0.15, 0.2) is 44.2 Å². The van der Waals surface area contributed by atoms with E-state index in [1.54, 1.807) is 82.9 Å². The monoisotopic (exact) mass is 1720 g/mol. The number of carbonyl (C=O) groups is 14. The fourth-order valence-corrected chi connectivity index (χ4v) is 19.3. The summed E-state index contributed by atoms with van der Waals surface area (Å²) in [5.74, 6) is -7.76. The van der Waals surface area contributed by atoms with Crippen LogP contribution in [-0.2, 0) is 72.0 Å². The molecule has 34 nitrogen and oxygen atoms in total. The van der Waals surface area contributed by atoms with Gasteiger partial charge in [0, 0.05) is 100 Å². The number of aliphatic imine (C=N–C) groups is 1. The molecule has 3 aromatic heterocycles. The van der Waals surface area contributed by atoms with Crippen molar-refractivity contribution in [3.63, 3.8) is 0 Å². The third kappa shape index (κ3) is 23.0. The van der Waals surface area contributed by atoms with E-state index in [0.29, 0.717) is 55.7 Å². The van der Waals surface area contributed by atoms with Gasteiger partial charge in [-0.05, 0) is 11.1 Å². The number of ether oxygens (including phenoxy) is 1. The van der Waals surface area contributed by atoms with Gasteiger partial charge in [0.1, 0.15) is 60.7 Å². The van der Waals surface area contributed by atoms with E-state index in [1.165, 1.54) is 84.6 Å². The summed E-state index contributed by atoms with van der Waals surface area (Å²) >= 11 is 13.2. The fourth-order valence-electron chi connectivity index (χ4n) is 11.3. The summed E-state index contributed by atoms with van der Waals surface area (Å²) in [6.07, 6.45) is -0.449. The molecule has 6 aliphatic heterocycles. The van der Waals surface area contributed by atoms with Gasteiger partial charge < -0.3 is 57.1 Å². The molecule has 12 rings (SSSR count).